The average Bonchev–Trinajstić information content (AvgIpc) is 2.67. The van der Waals surface area contributed by atoms with E-state index in [1.165, 1.54) is 6.92 Å². The van der Waals surface area contributed by atoms with Crippen molar-refractivity contribution in [3.63, 3.8) is 0 Å². The van der Waals surface area contributed by atoms with E-state index in [0.717, 1.165) is 0 Å². The minimum absolute atomic E-state index is 0.0189. The molecule has 0 saturated carbocycles. The number of amides is 2. The number of nitrogens with zero attached hydrogens (tertiary/aromatic N) is 2. The summed E-state index contributed by atoms with van der Waals surface area (Å²) in [5, 5.41) is 0. The molecule has 6 heteroatoms. The molecule has 2 amide bonds. The second-order valence-electron chi connectivity index (χ2n) is 6.07. The van der Waals surface area contributed by atoms with Gasteiger partial charge in [-0.15, -0.1) is 0 Å². The van der Waals surface area contributed by atoms with Crippen LogP contribution in [0.3, 0.4) is 0 Å². The van der Waals surface area contributed by atoms with Crippen molar-refractivity contribution >= 4 is 17.8 Å². The van der Waals surface area contributed by atoms with E-state index in [-0.39, 0.29) is 11.8 Å². The summed E-state index contributed by atoms with van der Waals surface area (Å²) in [7, 11) is 0. The van der Waals surface area contributed by atoms with Crippen molar-refractivity contribution in [1.82, 2.24) is 9.80 Å². The van der Waals surface area contributed by atoms with Gasteiger partial charge in [-0.2, -0.15) is 0 Å². The zero-order valence-electron chi connectivity index (χ0n) is 14.6. The van der Waals surface area contributed by atoms with Crippen LogP contribution < -0.4 is 4.74 Å². The van der Waals surface area contributed by atoms with Gasteiger partial charge >= 0.3 is 5.97 Å². The lowest BCUT2D eigenvalue weighted by atomic mass is 10.1. The van der Waals surface area contributed by atoms with E-state index >= 15 is 0 Å². The van der Waals surface area contributed by atoms with Gasteiger partial charge in [0.1, 0.15) is 5.75 Å². The summed E-state index contributed by atoms with van der Waals surface area (Å²) in [5.74, 6) is -0.232. The van der Waals surface area contributed by atoms with Crippen molar-refractivity contribution in [2.75, 3.05) is 26.2 Å². The quantitative estimate of drug-likeness (QED) is 0.627. The molecule has 0 N–H and O–H groups in total. The second kappa shape index (κ2) is 7.82. The Morgan fingerprint density at radius 1 is 0.769 bits per heavy atom. The number of ether oxygens (including phenoxy) is 1. The molecule has 0 bridgehead atoms. The molecule has 134 valence electrons. The van der Waals surface area contributed by atoms with Crippen molar-refractivity contribution in [2.45, 2.75) is 6.92 Å². The molecule has 0 aliphatic carbocycles. The molecule has 1 heterocycles. The van der Waals surface area contributed by atoms with Gasteiger partial charge in [0, 0.05) is 44.2 Å². The first-order valence-electron chi connectivity index (χ1n) is 8.46. The molecule has 0 spiro atoms. The Morgan fingerprint density at radius 3 is 1.88 bits per heavy atom. The summed E-state index contributed by atoms with van der Waals surface area (Å²) in [4.78, 5) is 39.7. The number of carbonyl (C=O) groups is 3. The highest BCUT2D eigenvalue weighted by atomic mass is 16.5. The Bertz CT molecular complexity index is 812. The fraction of sp³-hybridized carbons (Fsp3) is 0.250. The smallest absolute Gasteiger partial charge is 0.308 e. The van der Waals surface area contributed by atoms with Gasteiger partial charge < -0.3 is 14.5 Å². The maximum absolute atomic E-state index is 12.7. The van der Waals surface area contributed by atoms with Gasteiger partial charge in [-0.25, -0.2) is 0 Å². The first-order chi connectivity index (χ1) is 12.5. The summed E-state index contributed by atoms with van der Waals surface area (Å²) in [6.07, 6.45) is 0. The maximum atomic E-state index is 12.7. The molecule has 0 aromatic heterocycles. The third kappa shape index (κ3) is 4.08. The largest absolute Gasteiger partial charge is 0.427 e. The predicted octanol–water partition coefficient (Wildman–Crippen LogP) is 2.21. The van der Waals surface area contributed by atoms with Crippen molar-refractivity contribution in [3.8, 4) is 5.75 Å². The molecular weight excluding hydrogens is 332 g/mol. The lowest BCUT2D eigenvalue weighted by molar-refractivity contribution is -0.131. The maximum Gasteiger partial charge on any atom is 0.308 e. The standard InChI is InChI=1S/C20H20N2O4/c1-15(23)26-18-9-5-8-17(14-18)20(25)22-12-10-21(11-13-22)19(24)16-6-3-2-4-7-16/h2-9,14H,10-13H2,1H3. The van der Waals surface area contributed by atoms with Gasteiger partial charge in [0.2, 0.25) is 0 Å². The molecule has 26 heavy (non-hydrogen) atoms. The third-order valence-corrected chi connectivity index (χ3v) is 4.22. The van der Waals surface area contributed by atoms with Crippen molar-refractivity contribution in [2.24, 2.45) is 0 Å². The number of rotatable bonds is 3. The SMILES string of the molecule is CC(=O)Oc1cccc(C(=O)N2CCN(C(=O)c3ccccc3)CC2)c1. The molecule has 3 rings (SSSR count). The van der Waals surface area contributed by atoms with Gasteiger partial charge in [-0.05, 0) is 30.3 Å². The molecule has 1 fully saturated rings. The molecule has 2 aromatic rings. The Kier molecular flexibility index (Phi) is 5.31. The minimum atomic E-state index is -0.428. The fourth-order valence-corrected chi connectivity index (χ4v) is 2.92. The van der Waals surface area contributed by atoms with Gasteiger partial charge in [0.25, 0.3) is 11.8 Å². The number of hydrogen-bond acceptors (Lipinski definition) is 4. The molecule has 1 saturated heterocycles. The van der Waals surface area contributed by atoms with E-state index in [4.69, 9.17) is 4.74 Å². The summed E-state index contributed by atoms with van der Waals surface area (Å²) >= 11 is 0. The number of piperazine rings is 1. The fourth-order valence-electron chi connectivity index (χ4n) is 2.92. The van der Waals surface area contributed by atoms with Gasteiger partial charge in [0.05, 0.1) is 0 Å². The van der Waals surface area contributed by atoms with E-state index in [1.54, 1.807) is 46.2 Å². The van der Waals surface area contributed by atoms with Gasteiger partial charge in [-0.3, -0.25) is 14.4 Å². The first-order valence-corrected chi connectivity index (χ1v) is 8.46. The lowest BCUT2D eigenvalue weighted by Gasteiger charge is -2.35. The van der Waals surface area contributed by atoms with Crippen LogP contribution >= 0.6 is 0 Å². The average molecular weight is 352 g/mol. The normalized spacial score (nSPS) is 14.0. The number of hydrogen-bond donors (Lipinski definition) is 0. The Labute approximate surface area is 152 Å². The Balaban J connectivity index is 1.62. The molecule has 0 unspecified atom stereocenters. The van der Waals surface area contributed by atoms with Crippen LogP contribution in [0.2, 0.25) is 0 Å². The number of carbonyl (C=O) groups excluding carboxylic acids is 3. The van der Waals surface area contributed by atoms with Crippen molar-refractivity contribution in [1.29, 1.82) is 0 Å². The second-order valence-corrected chi connectivity index (χ2v) is 6.07. The van der Waals surface area contributed by atoms with Gasteiger partial charge in [-0.1, -0.05) is 24.3 Å². The minimum Gasteiger partial charge on any atom is -0.427 e. The summed E-state index contributed by atoms with van der Waals surface area (Å²) in [5.41, 5.74) is 1.12. The molecule has 1 aliphatic heterocycles. The van der Waals surface area contributed by atoms with E-state index in [0.29, 0.717) is 43.1 Å². The monoisotopic (exact) mass is 352 g/mol. The summed E-state index contributed by atoms with van der Waals surface area (Å²) in [6, 6.07) is 15.7. The highest BCUT2D eigenvalue weighted by molar-refractivity contribution is 5.96. The van der Waals surface area contributed by atoms with Crippen LogP contribution in [0.4, 0.5) is 0 Å². The van der Waals surface area contributed by atoms with Crippen LogP contribution in [0.15, 0.2) is 54.6 Å². The van der Waals surface area contributed by atoms with Crippen LogP contribution in [0.25, 0.3) is 0 Å². The van der Waals surface area contributed by atoms with Crippen LogP contribution in [0, 0.1) is 0 Å². The number of benzene rings is 2. The molecular formula is C20H20N2O4. The van der Waals surface area contributed by atoms with E-state index in [2.05, 4.69) is 0 Å². The Hall–Kier alpha value is -3.15. The zero-order valence-corrected chi connectivity index (χ0v) is 14.6. The highest BCUT2D eigenvalue weighted by Gasteiger charge is 2.25. The van der Waals surface area contributed by atoms with Crippen LogP contribution in [0.1, 0.15) is 27.6 Å². The zero-order chi connectivity index (χ0) is 18.5. The first kappa shape index (κ1) is 17.7. The van der Waals surface area contributed by atoms with Crippen LogP contribution in [0.5, 0.6) is 5.75 Å². The van der Waals surface area contributed by atoms with E-state index < -0.39 is 5.97 Å². The predicted molar refractivity (Wildman–Crippen MR) is 96.0 cm³/mol. The van der Waals surface area contributed by atoms with E-state index in [1.807, 2.05) is 18.2 Å². The summed E-state index contributed by atoms with van der Waals surface area (Å²) in [6.45, 7) is 3.23. The van der Waals surface area contributed by atoms with Crippen molar-refractivity contribution in [3.05, 3.63) is 65.7 Å². The number of esters is 1. The summed E-state index contributed by atoms with van der Waals surface area (Å²) < 4.78 is 5.03. The van der Waals surface area contributed by atoms with Gasteiger partial charge in [0.15, 0.2) is 0 Å². The topological polar surface area (TPSA) is 66.9 Å². The third-order valence-electron chi connectivity index (χ3n) is 4.22. The molecule has 2 aromatic carbocycles. The molecule has 0 atom stereocenters. The highest BCUT2D eigenvalue weighted by Crippen LogP contribution is 2.17. The molecule has 6 nitrogen and oxygen atoms in total. The van der Waals surface area contributed by atoms with E-state index in [9.17, 15) is 14.4 Å². The molecule has 0 radical (unpaired) electrons. The lowest BCUT2D eigenvalue weighted by Crippen LogP contribution is -2.50. The van der Waals surface area contributed by atoms with Crippen molar-refractivity contribution < 1.29 is 19.1 Å². The Morgan fingerprint density at radius 2 is 1.31 bits per heavy atom. The van der Waals surface area contributed by atoms with Crippen LogP contribution in [-0.4, -0.2) is 53.8 Å². The van der Waals surface area contributed by atoms with Crippen LogP contribution in [-0.2, 0) is 4.79 Å². The molecule has 1 aliphatic rings.